The lowest BCUT2D eigenvalue weighted by Crippen LogP contribution is -2.06. The molecule has 19 heavy (non-hydrogen) atoms. The smallest absolute Gasteiger partial charge is 0.165 e. The van der Waals surface area contributed by atoms with E-state index < -0.39 is 11.9 Å². The molecule has 0 aliphatic carbocycles. The molecule has 1 aromatic carbocycles. The third-order valence-electron chi connectivity index (χ3n) is 3.01. The number of ether oxygens (including phenoxy) is 1. The number of hydrogen-bond acceptors (Lipinski definition) is 3. The summed E-state index contributed by atoms with van der Waals surface area (Å²) in [5.41, 5.74) is 2.25. The first-order valence-corrected chi connectivity index (χ1v) is 6.04. The maximum Gasteiger partial charge on any atom is 0.165 e. The molecule has 0 radical (unpaired) electrons. The Kier molecular flexibility index (Phi) is 4.12. The van der Waals surface area contributed by atoms with Gasteiger partial charge in [-0.05, 0) is 36.2 Å². The van der Waals surface area contributed by atoms with Gasteiger partial charge in [0, 0.05) is 12.6 Å². The van der Waals surface area contributed by atoms with Crippen LogP contribution in [0.4, 0.5) is 4.39 Å². The van der Waals surface area contributed by atoms with Crippen LogP contribution in [0.5, 0.6) is 5.75 Å². The van der Waals surface area contributed by atoms with Crippen molar-refractivity contribution in [1.82, 2.24) is 4.98 Å². The van der Waals surface area contributed by atoms with E-state index in [1.165, 1.54) is 13.2 Å². The Bertz CT molecular complexity index is 572. The van der Waals surface area contributed by atoms with Crippen LogP contribution < -0.4 is 4.74 Å². The minimum Gasteiger partial charge on any atom is -0.494 e. The SMILES string of the molecule is COc1ccc(CC(O)c2ncccc2C)cc1F. The third kappa shape index (κ3) is 3.09. The molecule has 3 nitrogen and oxygen atoms in total. The maximum absolute atomic E-state index is 13.6. The van der Waals surface area contributed by atoms with Crippen LogP contribution in [0.15, 0.2) is 36.5 Å². The van der Waals surface area contributed by atoms with Crippen molar-refractivity contribution in [2.75, 3.05) is 7.11 Å². The third-order valence-corrected chi connectivity index (χ3v) is 3.01. The van der Waals surface area contributed by atoms with Gasteiger partial charge in [0.05, 0.1) is 12.8 Å². The van der Waals surface area contributed by atoms with Crippen molar-refractivity contribution in [3.05, 3.63) is 59.2 Å². The highest BCUT2D eigenvalue weighted by Crippen LogP contribution is 2.23. The van der Waals surface area contributed by atoms with Crippen LogP contribution in [-0.2, 0) is 6.42 Å². The summed E-state index contributed by atoms with van der Waals surface area (Å²) in [5, 5.41) is 10.2. The zero-order chi connectivity index (χ0) is 13.8. The highest BCUT2D eigenvalue weighted by atomic mass is 19.1. The second-order valence-electron chi connectivity index (χ2n) is 4.39. The second kappa shape index (κ2) is 5.80. The van der Waals surface area contributed by atoms with Crippen LogP contribution in [0.1, 0.15) is 22.9 Å². The van der Waals surface area contributed by atoms with Gasteiger partial charge < -0.3 is 9.84 Å². The Hall–Kier alpha value is -1.94. The van der Waals surface area contributed by atoms with Crippen LogP contribution in [0.25, 0.3) is 0 Å². The first-order chi connectivity index (χ1) is 9.11. The van der Waals surface area contributed by atoms with Crippen LogP contribution in [0.2, 0.25) is 0 Å². The number of halogens is 1. The molecule has 4 heteroatoms. The molecule has 1 aromatic heterocycles. The van der Waals surface area contributed by atoms with Gasteiger partial charge in [0.1, 0.15) is 6.10 Å². The molecule has 0 fully saturated rings. The molecule has 1 unspecified atom stereocenters. The van der Waals surface area contributed by atoms with Crippen LogP contribution in [0.3, 0.4) is 0 Å². The lowest BCUT2D eigenvalue weighted by atomic mass is 10.0. The molecule has 2 aromatic rings. The molecular weight excluding hydrogens is 245 g/mol. The highest BCUT2D eigenvalue weighted by molar-refractivity contribution is 5.30. The van der Waals surface area contributed by atoms with E-state index >= 15 is 0 Å². The first-order valence-electron chi connectivity index (χ1n) is 6.04. The Morgan fingerprint density at radius 3 is 2.79 bits per heavy atom. The summed E-state index contributed by atoms with van der Waals surface area (Å²) in [6, 6.07) is 8.38. The van der Waals surface area contributed by atoms with Gasteiger partial charge in [0.15, 0.2) is 11.6 Å². The molecule has 0 amide bonds. The number of pyridine rings is 1. The fourth-order valence-corrected chi connectivity index (χ4v) is 2.00. The quantitative estimate of drug-likeness (QED) is 0.920. The largest absolute Gasteiger partial charge is 0.494 e. The number of aromatic nitrogens is 1. The van der Waals surface area contributed by atoms with Crippen LogP contribution in [-0.4, -0.2) is 17.2 Å². The average Bonchev–Trinajstić information content (AvgIpc) is 2.39. The second-order valence-corrected chi connectivity index (χ2v) is 4.39. The number of aliphatic hydroxyl groups excluding tert-OH is 1. The summed E-state index contributed by atoms with van der Waals surface area (Å²) < 4.78 is 18.4. The first kappa shape index (κ1) is 13.5. The predicted molar refractivity (Wildman–Crippen MR) is 70.6 cm³/mol. The standard InChI is InChI=1S/C15H16FNO2/c1-10-4-3-7-17-15(10)13(18)9-11-5-6-14(19-2)12(16)8-11/h3-8,13,18H,9H2,1-2H3. The summed E-state index contributed by atoms with van der Waals surface area (Å²) >= 11 is 0. The summed E-state index contributed by atoms with van der Waals surface area (Å²) in [4.78, 5) is 4.16. The van der Waals surface area contributed by atoms with Gasteiger partial charge in [-0.3, -0.25) is 4.98 Å². The van der Waals surface area contributed by atoms with E-state index in [0.717, 1.165) is 5.56 Å². The van der Waals surface area contributed by atoms with Crippen molar-refractivity contribution in [2.45, 2.75) is 19.4 Å². The van der Waals surface area contributed by atoms with E-state index in [0.29, 0.717) is 17.7 Å². The van der Waals surface area contributed by atoms with Crippen molar-refractivity contribution in [3.8, 4) is 5.75 Å². The zero-order valence-corrected chi connectivity index (χ0v) is 10.9. The molecule has 2 rings (SSSR count). The van der Waals surface area contributed by atoms with E-state index in [2.05, 4.69) is 4.98 Å². The molecule has 1 N–H and O–H groups in total. The molecule has 0 saturated heterocycles. The molecule has 0 saturated carbocycles. The lowest BCUT2D eigenvalue weighted by molar-refractivity contribution is 0.172. The summed E-state index contributed by atoms with van der Waals surface area (Å²) in [7, 11) is 1.42. The van der Waals surface area contributed by atoms with Gasteiger partial charge in [-0.25, -0.2) is 4.39 Å². The number of methoxy groups -OCH3 is 1. The van der Waals surface area contributed by atoms with Gasteiger partial charge in [0.25, 0.3) is 0 Å². The molecule has 0 bridgehead atoms. The molecule has 1 atom stereocenters. The van der Waals surface area contributed by atoms with Gasteiger partial charge in [-0.2, -0.15) is 0 Å². The Labute approximate surface area is 111 Å². The van der Waals surface area contributed by atoms with Crippen molar-refractivity contribution in [2.24, 2.45) is 0 Å². The Balaban J connectivity index is 2.17. The summed E-state index contributed by atoms with van der Waals surface area (Å²) in [6.45, 7) is 1.89. The average molecular weight is 261 g/mol. The van der Waals surface area contributed by atoms with Crippen molar-refractivity contribution < 1.29 is 14.2 Å². The molecule has 100 valence electrons. The number of nitrogens with zero attached hydrogens (tertiary/aromatic N) is 1. The number of aliphatic hydroxyl groups is 1. The van der Waals surface area contributed by atoms with E-state index in [1.54, 1.807) is 18.3 Å². The monoisotopic (exact) mass is 261 g/mol. The van der Waals surface area contributed by atoms with Gasteiger partial charge in [0.2, 0.25) is 0 Å². The Morgan fingerprint density at radius 1 is 1.37 bits per heavy atom. The zero-order valence-electron chi connectivity index (χ0n) is 10.9. The van der Waals surface area contributed by atoms with E-state index in [1.807, 2.05) is 19.1 Å². The van der Waals surface area contributed by atoms with Crippen LogP contribution in [0, 0.1) is 12.7 Å². The number of aryl methyl sites for hydroxylation is 1. The van der Waals surface area contributed by atoms with Gasteiger partial charge in [-0.1, -0.05) is 12.1 Å². The Morgan fingerprint density at radius 2 is 2.16 bits per heavy atom. The molecule has 0 aliphatic heterocycles. The lowest BCUT2D eigenvalue weighted by Gasteiger charge is -2.13. The summed E-state index contributed by atoms with van der Waals surface area (Å²) in [6.07, 6.45) is 1.22. The normalized spacial score (nSPS) is 12.2. The van der Waals surface area contributed by atoms with E-state index in [-0.39, 0.29) is 5.75 Å². The number of hydrogen-bond donors (Lipinski definition) is 1. The fraction of sp³-hybridized carbons (Fsp3) is 0.267. The molecular formula is C15H16FNO2. The van der Waals surface area contributed by atoms with Gasteiger partial charge in [-0.15, -0.1) is 0 Å². The topological polar surface area (TPSA) is 42.4 Å². The predicted octanol–water partition coefficient (Wildman–Crippen LogP) is 2.81. The van der Waals surface area contributed by atoms with E-state index in [4.69, 9.17) is 4.74 Å². The van der Waals surface area contributed by atoms with Gasteiger partial charge >= 0.3 is 0 Å². The minimum atomic E-state index is -0.742. The number of rotatable bonds is 4. The molecule has 0 spiro atoms. The van der Waals surface area contributed by atoms with E-state index in [9.17, 15) is 9.50 Å². The van der Waals surface area contributed by atoms with Crippen molar-refractivity contribution in [1.29, 1.82) is 0 Å². The number of benzene rings is 1. The van der Waals surface area contributed by atoms with Crippen molar-refractivity contribution >= 4 is 0 Å². The highest BCUT2D eigenvalue weighted by Gasteiger charge is 2.13. The molecule has 0 aliphatic rings. The summed E-state index contributed by atoms with van der Waals surface area (Å²) in [5.74, 6) is -0.225. The molecule has 1 heterocycles. The van der Waals surface area contributed by atoms with Crippen molar-refractivity contribution in [3.63, 3.8) is 0 Å². The maximum atomic E-state index is 13.6. The minimum absolute atomic E-state index is 0.201. The van der Waals surface area contributed by atoms with Crippen LogP contribution >= 0.6 is 0 Å². The fourth-order valence-electron chi connectivity index (χ4n) is 2.00.